The normalized spacial score (nSPS) is 12.5. The van der Waals surface area contributed by atoms with E-state index in [0.717, 1.165) is 11.3 Å². The van der Waals surface area contributed by atoms with Crippen LogP contribution in [-0.2, 0) is 13.5 Å². The van der Waals surface area contributed by atoms with E-state index in [-0.39, 0.29) is 11.8 Å². The minimum absolute atomic E-state index is 0.205. The first-order chi connectivity index (χ1) is 9.43. The van der Waals surface area contributed by atoms with Crippen LogP contribution >= 0.6 is 11.6 Å². The number of hydrogen-bond donors (Lipinski definition) is 1. The Morgan fingerprint density at radius 2 is 2.20 bits per heavy atom. The highest BCUT2D eigenvalue weighted by molar-refractivity contribution is 6.30. The van der Waals surface area contributed by atoms with E-state index < -0.39 is 5.82 Å². The van der Waals surface area contributed by atoms with Crippen molar-refractivity contribution in [2.75, 3.05) is 7.11 Å². The summed E-state index contributed by atoms with van der Waals surface area (Å²) in [5.74, 6) is -0.217. The van der Waals surface area contributed by atoms with Crippen LogP contribution in [0.5, 0.6) is 5.75 Å². The number of nitrogens with two attached hydrogens (primary N) is 1. The molecule has 4 nitrogen and oxygen atoms in total. The summed E-state index contributed by atoms with van der Waals surface area (Å²) in [6, 6.07) is 4.37. The van der Waals surface area contributed by atoms with Crippen LogP contribution in [0.4, 0.5) is 4.39 Å². The van der Waals surface area contributed by atoms with E-state index in [1.165, 1.54) is 13.2 Å². The topological polar surface area (TPSA) is 53.1 Å². The van der Waals surface area contributed by atoms with Gasteiger partial charge < -0.3 is 10.5 Å². The number of aryl methyl sites for hydroxylation is 2. The molecule has 1 unspecified atom stereocenters. The number of aromatic nitrogens is 2. The van der Waals surface area contributed by atoms with E-state index >= 15 is 0 Å². The molecule has 0 amide bonds. The third kappa shape index (κ3) is 2.78. The lowest BCUT2D eigenvalue weighted by molar-refractivity contribution is 0.386. The second kappa shape index (κ2) is 5.81. The summed E-state index contributed by atoms with van der Waals surface area (Å²) in [7, 11) is 3.20. The smallest absolute Gasteiger partial charge is 0.165 e. The van der Waals surface area contributed by atoms with Crippen LogP contribution < -0.4 is 10.5 Å². The number of ether oxygens (including phenoxy) is 1. The van der Waals surface area contributed by atoms with Gasteiger partial charge in [-0.15, -0.1) is 0 Å². The Balaban J connectivity index is 2.23. The zero-order chi connectivity index (χ0) is 14.9. The van der Waals surface area contributed by atoms with Gasteiger partial charge in [0.15, 0.2) is 11.6 Å². The maximum absolute atomic E-state index is 13.7. The Labute approximate surface area is 122 Å². The highest BCUT2D eigenvalue weighted by Gasteiger charge is 2.17. The van der Waals surface area contributed by atoms with Gasteiger partial charge in [-0.1, -0.05) is 17.7 Å². The molecule has 1 heterocycles. The first-order valence-corrected chi connectivity index (χ1v) is 6.58. The van der Waals surface area contributed by atoms with Crippen LogP contribution in [0.25, 0.3) is 0 Å². The van der Waals surface area contributed by atoms with Crippen molar-refractivity contribution in [1.29, 1.82) is 0 Å². The fourth-order valence-corrected chi connectivity index (χ4v) is 2.41. The van der Waals surface area contributed by atoms with Crippen LogP contribution in [-0.4, -0.2) is 16.9 Å². The van der Waals surface area contributed by atoms with E-state index in [4.69, 9.17) is 22.1 Å². The fraction of sp³-hybridized carbons (Fsp3) is 0.357. The van der Waals surface area contributed by atoms with Gasteiger partial charge in [0.05, 0.1) is 12.8 Å². The van der Waals surface area contributed by atoms with Crippen LogP contribution in [0.2, 0.25) is 5.15 Å². The van der Waals surface area contributed by atoms with Crippen molar-refractivity contribution in [3.05, 3.63) is 46.0 Å². The lowest BCUT2D eigenvalue weighted by atomic mass is 10.00. The van der Waals surface area contributed by atoms with Gasteiger partial charge in [0.2, 0.25) is 0 Å². The molecule has 108 valence electrons. The minimum Gasteiger partial charge on any atom is -0.494 e. The monoisotopic (exact) mass is 297 g/mol. The van der Waals surface area contributed by atoms with Gasteiger partial charge in [-0.05, 0) is 31.0 Å². The van der Waals surface area contributed by atoms with E-state index in [9.17, 15) is 4.39 Å². The van der Waals surface area contributed by atoms with E-state index in [1.54, 1.807) is 23.9 Å². The van der Waals surface area contributed by atoms with Crippen LogP contribution in [0.15, 0.2) is 18.2 Å². The largest absolute Gasteiger partial charge is 0.494 e. The Hall–Kier alpha value is -1.59. The number of benzene rings is 1. The lowest BCUT2D eigenvalue weighted by Gasteiger charge is -2.13. The molecule has 0 saturated carbocycles. The second-order valence-electron chi connectivity index (χ2n) is 4.68. The summed E-state index contributed by atoms with van der Waals surface area (Å²) in [6.07, 6.45) is 0.504. The lowest BCUT2D eigenvalue weighted by Crippen LogP contribution is -2.14. The number of nitrogens with zero attached hydrogens (tertiary/aromatic N) is 2. The van der Waals surface area contributed by atoms with E-state index in [1.807, 2.05) is 6.92 Å². The summed E-state index contributed by atoms with van der Waals surface area (Å²) in [6.45, 7) is 1.88. The molecule has 0 saturated heterocycles. The zero-order valence-electron chi connectivity index (χ0n) is 11.7. The fourth-order valence-electron chi connectivity index (χ4n) is 2.16. The van der Waals surface area contributed by atoms with Crippen molar-refractivity contribution in [3.63, 3.8) is 0 Å². The Morgan fingerprint density at radius 3 is 2.70 bits per heavy atom. The molecule has 0 aliphatic carbocycles. The number of methoxy groups -OCH3 is 1. The highest BCUT2D eigenvalue weighted by atomic mass is 35.5. The molecule has 2 N–H and O–H groups in total. The van der Waals surface area contributed by atoms with Crippen LogP contribution in [0.1, 0.15) is 22.9 Å². The summed E-state index contributed by atoms with van der Waals surface area (Å²) < 4.78 is 20.2. The van der Waals surface area contributed by atoms with Crippen LogP contribution in [0, 0.1) is 12.7 Å². The second-order valence-corrected chi connectivity index (χ2v) is 5.04. The number of hydrogen-bond acceptors (Lipinski definition) is 3. The molecule has 20 heavy (non-hydrogen) atoms. The molecule has 0 fully saturated rings. The van der Waals surface area contributed by atoms with Crippen molar-refractivity contribution >= 4 is 11.6 Å². The van der Waals surface area contributed by atoms with Gasteiger partial charge >= 0.3 is 0 Å². The molecule has 0 spiro atoms. The molecular weight excluding hydrogens is 281 g/mol. The van der Waals surface area contributed by atoms with Gasteiger partial charge in [-0.2, -0.15) is 5.10 Å². The number of rotatable bonds is 4. The standard InChI is InChI=1S/C14H17ClFN3O/c1-8-10(14(15)19(2)18-8)7-12(17)9-4-5-13(20-3)11(16)6-9/h4-6,12H,7,17H2,1-3H3. The molecule has 0 bridgehead atoms. The SMILES string of the molecule is COc1ccc(C(N)Cc2c(C)nn(C)c2Cl)cc1F. The molecule has 0 aliphatic rings. The molecular formula is C14H17ClFN3O. The van der Waals surface area contributed by atoms with Crippen molar-refractivity contribution in [2.24, 2.45) is 12.8 Å². The number of halogens is 2. The molecule has 1 atom stereocenters. The predicted octanol–water partition coefficient (Wildman–Crippen LogP) is 2.77. The Bertz CT molecular complexity index is 627. The third-order valence-electron chi connectivity index (χ3n) is 3.30. The minimum atomic E-state index is -0.422. The first kappa shape index (κ1) is 14.8. The van der Waals surface area contributed by atoms with Crippen molar-refractivity contribution in [3.8, 4) is 5.75 Å². The average molecular weight is 298 g/mol. The van der Waals surface area contributed by atoms with Gasteiger partial charge in [0, 0.05) is 18.7 Å². The summed E-state index contributed by atoms with van der Waals surface area (Å²) in [4.78, 5) is 0. The van der Waals surface area contributed by atoms with E-state index in [0.29, 0.717) is 17.1 Å². The molecule has 0 aliphatic heterocycles. The van der Waals surface area contributed by atoms with E-state index in [2.05, 4.69) is 5.10 Å². The van der Waals surface area contributed by atoms with Gasteiger partial charge in [-0.25, -0.2) is 4.39 Å². The van der Waals surface area contributed by atoms with Gasteiger partial charge in [-0.3, -0.25) is 4.68 Å². The van der Waals surface area contributed by atoms with Gasteiger partial charge in [0.25, 0.3) is 0 Å². The third-order valence-corrected chi connectivity index (χ3v) is 3.77. The molecule has 1 aromatic carbocycles. The molecule has 0 radical (unpaired) electrons. The maximum Gasteiger partial charge on any atom is 0.165 e. The quantitative estimate of drug-likeness (QED) is 0.944. The zero-order valence-corrected chi connectivity index (χ0v) is 12.4. The van der Waals surface area contributed by atoms with Crippen molar-refractivity contribution < 1.29 is 9.13 Å². The van der Waals surface area contributed by atoms with Crippen molar-refractivity contribution in [2.45, 2.75) is 19.4 Å². The molecule has 1 aromatic heterocycles. The maximum atomic E-state index is 13.7. The summed E-state index contributed by atoms with van der Waals surface area (Å²) in [5, 5.41) is 4.80. The predicted molar refractivity (Wildman–Crippen MR) is 76.5 cm³/mol. The highest BCUT2D eigenvalue weighted by Crippen LogP contribution is 2.26. The molecule has 6 heteroatoms. The summed E-state index contributed by atoms with van der Waals surface area (Å²) in [5.41, 5.74) is 8.55. The molecule has 2 rings (SSSR count). The average Bonchev–Trinajstić information content (AvgIpc) is 2.65. The Kier molecular flexibility index (Phi) is 4.30. The van der Waals surface area contributed by atoms with Crippen molar-refractivity contribution in [1.82, 2.24) is 9.78 Å². The molecule has 2 aromatic rings. The summed E-state index contributed by atoms with van der Waals surface area (Å²) >= 11 is 6.18. The first-order valence-electron chi connectivity index (χ1n) is 6.21. The van der Waals surface area contributed by atoms with Crippen LogP contribution in [0.3, 0.4) is 0 Å². The Morgan fingerprint density at radius 1 is 1.50 bits per heavy atom. The van der Waals surface area contributed by atoms with Gasteiger partial charge in [0.1, 0.15) is 5.15 Å².